The Morgan fingerprint density at radius 2 is 2.17 bits per heavy atom. The Morgan fingerprint density at radius 1 is 1.46 bits per heavy atom. The lowest BCUT2D eigenvalue weighted by molar-refractivity contribution is -0.137. The summed E-state index contributed by atoms with van der Waals surface area (Å²) in [6.45, 7) is 2.13. The third-order valence-corrected chi connectivity index (χ3v) is 5.50. The molecule has 1 atom stereocenters. The molecule has 2 rings (SSSR count). The van der Waals surface area contributed by atoms with E-state index in [9.17, 15) is 13.2 Å². The van der Waals surface area contributed by atoms with Gasteiger partial charge < -0.3 is 4.74 Å². The van der Waals surface area contributed by atoms with Crippen LogP contribution < -0.4 is 0 Å². The number of hydrogen-bond donors (Lipinski definition) is 0. The number of carbonyl (C=O) groups is 1. The number of esters is 1. The van der Waals surface area contributed by atoms with Crippen LogP contribution in [0.25, 0.3) is 10.4 Å². The van der Waals surface area contributed by atoms with Crippen molar-refractivity contribution in [2.24, 2.45) is 5.11 Å². The topological polar surface area (TPSA) is 112 Å². The first-order valence-corrected chi connectivity index (χ1v) is 8.89. The second-order valence-corrected chi connectivity index (χ2v) is 7.06. The van der Waals surface area contributed by atoms with Crippen molar-refractivity contribution in [3.63, 3.8) is 0 Å². The van der Waals surface area contributed by atoms with E-state index in [4.69, 9.17) is 10.3 Å². The molecular formula is C15H18N4O4S. The molecule has 0 saturated carbocycles. The number of azide groups is 1. The molecule has 1 aromatic rings. The molecule has 1 unspecified atom stereocenters. The first-order valence-electron chi connectivity index (χ1n) is 7.45. The lowest BCUT2D eigenvalue weighted by Gasteiger charge is -2.31. The number of sulfonamides is 1. The van der Waals surface area contributed by atoms with Crippen LogP contribution >= 0.6 is 0 Å². The van der Waals surface area contributed by atoms with Gasteiger partial charge in [0.25, 0.3) is 0 Å². The van der Waals surface area contributed by atoms with Crippen molar-refractivity contribution in [2.75, 3.05) is 19.7 Å². The zero-order valence-corrected chi connectivity index (χ0v) is 14.0. The van der Waals surface area contributed by atoms with Gasteiger partial charge in [-0.25, -0.2) is 13.2 Å². The highest BCUT2D eigenvalue weighted by molar-refractivity contribution is 7.89. The molecule has 1 aromatic carbocycles. The van der Waals surface area contributed by atoms with Crippen molar-refractivity contribution < 1.29 is 17.9 Å². The fraction of sp³-hybridized carbons (Fsp3) is 0.400. The third kappa shape index (κ3) is 4.14. The number of ether oxygens (including phenoxy) is 1. The lowest BCUT2D eigenvalue weighted by atomic mass is 10.0. The molecule has 128 valence electrons. The van der Waals surface area contributed by atoms with E-state index in [-0.39, 0.29) is 24.6 Å². The molecule has 0 N–H and O–H groups in total. The van der Waals surface area contributed by atoms with Gasteiger partial charge in [-0.1, -0.05) is 28.9 Å². The molecule has 0 aromatic heterocycles. The maximum atomic E-state index is 12.6. The fourth-order valence-electron chi connectivity index (χ4n) is 2.46. The van der Waals surface area contributed by atoms with Crippen LogP contribution in [0.5, 0.6) is 0 Å². The molecule has 1 aliphatic rings. The smallest absolute Gasteiger partial charge is 0.330 e. The Labute approximate surface area is 140 Å². The van der Waals surface area contributed by atoms with Crippen molar-refractivity contribution in [3.8, 4) is 0 Å². The molecule has 9 heteroatoms. The van der Waals surface area contributed by atoms with Gasteiger partial charge in [-0.15, -0.1) is 0 Å². The molecule has 1 heterocycles. The summed E-state index contributed by atoms with van der Waals surface area (Å²) < 4.78 is 31.4. The summed E-state index contributed by atoms with van der Waals surface area (Å²) >= 11 is 0. The van der Waals surface area contributed by atoms with Crippen molar-refractivity contribution in [1.29, 1.82) is 0 Å². The van der Waals surface area contributed by atoms with Gasteiger partial charge in [0.2, 0.25) is 10.0 Å². The molecule has 0 amide bonds. The minimum absolute atomic E-state index is 0.00741. The third-order valence-electron chi connectivity index (χ3n) is 3.62. The average molecular weight is 350 g/mol. The van der Waals surface area contributed by atoms with Crippen molar-refractivity contribution in [2.45, 2.75) is 24.3 Å². The zero-order chi connectivity index (χ0) is 17.6. The molecule has 1 aliphatic heterocycles. The van der Waals surface area contributed by atoms with E-state index >= 15 is 0 Å². The molecule has 0 bridgehead atoms. The molecule has 0 aliphatic carbocycles. The minimum Gasteiger partial charge on any atom is -0.463 e. The van der Waals surface area contributed by atoms with Crippen LogP contribution in [0.2, 0.25) is 0 Å². The number of benzene rings is 1. The second kappa shape index (κ2) is 7.96. The molecule has 0 radical (unpaired) electrons. The Balaban J connectivity index is 2.24. The summed E-state index contributed by atoms with van der Waals surface area (Å²) in [7, 11) is -3.67. The summed E-state index contributed by atoms with van der Waals surface area (Å²) in [6.07, 6.45) is 1.59. The second-order valence-electron chi connectivity index (χ2n) is 5.12. The SMILES string of the molecule is CCOC(=O)/C=C1\CCN(S(=O)(=O)c2ccccc2)CC1N=[N+]=[N-]. The number of piperidine rings is 1. The van der Waals surface area contributed by atoms with E-state index in [2.05, 4.69) is 10.0 Å². The first-order chi connectivity index (χ1) is 11.5. The summed E-state index contributed by atoms with van der Waals surface area (Å²) in [5.41, 5.74) is 9.30. The van der Waals surface area contributed by atoms with Gasteiger partial charge in [-0.05, 0) is 31.0 Å². The normalized spacial score (nSPS) is 20.4. The predicted molar refractivity (Wildman–Crippen MR) is 87.5 cm³/mol. The van der Waals surface area contributed by atoms with Gasteiger partial charge >= 0.3 is 5.97 Å². The van der Waals surface area contributed by atoms with Gasteiger partial charge in [-0.2, -0.15) is 4.31 Å². The van der Waals surface area contributed by atoms with E-state index in [0.29, 0.717) is 12.0 Å². The van der Waals surface area contributed by atoms with Gasteiger partial charge in [0, 0.05) is 24.1 Å². The molecule has 1 saturated heterocycles. The maximum Gasteiger partial charge on any atom is 0.330 e. The Bertz CT molecular complexity index is 770. The summed E-state index contributed by atoms with van der Waals surface area (Å²) in [5, 5.41) is 3.63. The van der Waals surface area contributed by atoms with E-state index in [0.717, 1.165) is 0 Å². The molecule has 8 nitrogen and oxygen atoms in total. The van der Waals surface area contributed by atoms with Crippen molar-refractivity contribution >= 4 is 16.0 Å². The quantitative estimate of drug-likeness (QED) is 0.266. The summed E-state index contributed by atoms with van der Waals surface area (Å²) in [4.78, 5) is 14.5. The predicted octanol–water partition coefficient (Wildman–Crippen LogP) is 2.25. The number of rotatable bonds is 5. The zero-order valence-electron chi connectivity index (χ0n) is 13.2. The van der Waals surface area contributed by atoms with E-state index in [1.165, 1.54) is 22.5 Å². The lowest BCUT2D eigenvalue weighted by Crippen LogP contribution is -2.42. The van der Waals surface area contributed by atoms with Gasteiger partial charge in [0.15, 0.2) is 0 Å². The van der Waals surface area contributed by atoms with Crippen molar-refractivity contribution in [3.05, 3.63) is 52.4 Å². The Hall–Kier alpha value is -2.35. The minimum atomic E-state index is -3.67. The maximum absolute atomic E-state index is 12.6. The largest absolute Gasteiger partial charge is 0.463 e. The monoisotopic (exact) mass is 350 g/mol. The van der Waals surface area contributed by atoms with Crippen LogP contribution in [-0.2, 0) is 19.6 Å². The van der Waals surface area contributed by atoms with E-state index in [1.807, 2.05) is 0 Å². The summed E-state index contributed by atoms with van der Waals surface area (Å²) in [6, 6.07) is 7.33. The molecule has 1 fully saturated rings. The van der Waals surface area contributed by atoms with Crippen LogP contribution in [0.4, 0.5) is 0 Å². The van der Waals surface area contributed by atoms with Crippen LogP contribution in [0, 0.1) is 0 Å². The highest BCUT2D eigenvalue weighted by Crippen LogP contribution is 2.25. The Morgan fingerprint density at radius 3 is 2.79 bits per heavy atom. The average Bonchev–Trinajstić information content (AvgIpc) is 2.57. The van der Waals surface area contributed by atoms with E-state index in [1.54, 1.807) is 25.1 Å². The molecule has 0 spiro atoms. The van der Waals surface area contributed by atoms with Crippen LogP contribution in [0.15, 0.2) is 52.0 Å². The van der Waals surface area contributed by atoms with Crippen LogP contribution in [-0.4, -0.2) is 44.4 Å². The number of carbonyl (C=O) groups excluding carboxylic acids is 1. The van der Waals surface area contributed by atoms with Gasteiger partial charge in [-0.3, -0.25) is 0 Å². The highest BCUT2D eigenvalue weighted by Gasteiger charge is 2.32. The van der Waals surface area contributed by atoms with Gasteiger partial charge in [0.05, 0.1) is 17.5 Å². The van der Waals surface area contributed by atoms with E-state index < -0.39 is 22.0 Å². The number of nitrogens with zero attached hydrogens (tertiary/aromatic N) is 4. The van der Waals surface area contributed by atoms with Gasteiger partial charge in [0.1, 0.15) is 0 Å². The van der Waals surface area contributed by atoms with Crippen LogP contribution in [0.3, 0.4) is 0 Å². The molecular weight excluding hydrogens is 332 g/mol. The summed E-state index contributed by atoms with van der Waals surface area (Å²) in [5.74, 6) is -0.523. The van der Waals surface area contributed by atoms with Crippen molar-refractivity contribution in [1.82, 2.24) is 4.31 Å². The number of hydrogen-bond acceptors (Lipinski definition) is 5. The Kier molecular flexibility index (Phi) is 5.97. The standard InChI is InChI=1S/C15H18N4O4S/c1-2-23-15(20)10-12-8-9-19(11-14(12)17-18-16)24(21,22)13-6-4-3-5-7-13/h3-7,10,14H,2,8-9,11H2,1H3/b12-10+. The highest BCUT2D eigenvalue weighted by atomic mass is 32.2. The fourth-order valence-corrected chi connectivity index (χ4v) is 3.93. The molecule has 24 heavy (non-hydrogen) atoms. The first kappa shape index (κ1) is 18.0. The van der Waals surface area contributed by atoms with Crippen LogP contribution in [0.1, 0.15) is 13.3 Å².